The Labute approximate surface area is 126 Å². The Morgan fingerprint density at radius 2 is 2.10 bits per heavy atom. The van der Waals surface area contributed by atoms with E-state index in [-0.39, 0.29) is 0 Å². The van der Waals surface area contributed by atoms with Crippen LogP contribution in [0.4, 0.5) is 5.69 Å². The number of thiocarbonyl (C=S) groups is 1. The summed E-state index contributed by atoms with van der Waals surface area (Å²) in [6.45, 7) is 6.71. The highest BCUT2D eigenvalue weighted by molar-refractivity contribution is 7.80. The summed E-state index contributed by atoms with van der Waals surface area (Å²) in [5, 5.41) is 0. The summed E-state index contributed by atoms with van der Waals surface area (Å²) in [6.07, 6.45) is 4.05. The number of benzene rings is 1. The fourth-order valence-electron chi connectivity index (χ4n) is 3.50. The zero-order valence-corrected chi connectivity index (χ0v) is 13.0. The van der Waals surface area contributed by atoms with Crippen molar-refractivity contribution in [2.24, 2.45) is 5.73 Å². The molecule has 1 aromatic carbocycles. The van der Waals surface area contributed by atoms with Crippen LogP contribution >= 0.6 is 12.2 Å². The Kier molecular flexibility index (Phi) is 3.94. The van der Waals surface area contributed by atoms with Gasteiger partial charge in [-0.1, -0.05) is 30.3 Å². The largest absolute Gasteiger partial charge is 0.389 e. The molecule has 0 saturated carbocycles. The minimum Gasteiger partial charge on any atom is -0.389 e. The Bertz CT molecular complexity index is 514. The standard InChI is InChI=1S/C16H23N3S/c1-12-5-6-15(14(10-12)16(17)20)19-9-8-18-7-3-2-4-13(18)11-19/h5-6,10,13H,2-4,7-9,11H2,1H3,(H2,17,20). The monoisotopic (exact) mass is 289 g/mol. The van der Waals surface area contributed by atoms with Crippen LogP contribution in [-0.2, 0) is 0 Å². The van der Waals surface area contributed by atoms with Gasteiger partial charge in [-0.2, -0.15) is 0 Å². The molecule has 108 valence electrons. The quantitative estimate of drug-likeness (QED) is 0.847. The number of hydrogen-bond donors (Lipinski definition) is 1. The third-order valence-electron chi connectivity index (χ3n) is 4.60. The van der Waals surface area contributed by atoms with Gasteiger partial charge in [0.05, 0.1) is 0 Å². The molecule has 3 rings (SSSR count). The first-order chi connectivity index (χ1) is 9.65. The van der Waals surface area contributed by atoms with Crippen molar-refractivity contribution >= 4 is 22.9 Å². The van der Waals surface area contributed by atoms with Crippen LogP contribution in [0.5, 0.6) is 0 Å². The highest BCUT2D eigenvalue weighted by atomic mass is 32.1. The summed E-state index contributed by atoms with van der Waals surface area (Å²) in [7, 11) is 0. The van der Waals surface area contributed by atoms with Crippen molar-refractivity contribution < 1.29 is 0 Å². The van der Waals surface area contributed by atoms with Crippen LogP contribution in [0.2, 0.25) is 0 Å². The Morgan fingerprint density at radius 1 is 1.25 bits per heavy atom. The fraction of sp³-hybridized carbons (Fsp3) is 0.562. The number of nitrogens with zero attached hydrogens (tertiary/aromatic N) is 2. The van der Waals surface area contributed by atoms with Crippen molar-refractivity contribution in [2.45, 2.75) is 32.2 Å². The number of piperazine rings is 1. The molecular weight excluding hydrogens is 266 g/mol. The van der Waals surface area contributed by atoms with Crippen LogP contribution in [0, 0.1) is 6.92 Å². The topological polar surface area (TPSA) is 32.5 Å². The molecule has 2 N–H and O–H groups in total. The van der Waals surface area contributed by atoms with E-state index >= 15 is 0 Å². The van der Waals surface area contributed by atoms with Crippen LogP contribution in [0.15, 0.2) is 18.2 Å². The van der Waals surface area contributed by atoms with Crippen LogP contribution < -0.4 is 10.6 Å². The van der Waals surface area contributed by atoms with E-state index in [0.717, 1.165) is 25.2 Å². The predicted molar refractivity (Wildman–Crippen MR) is 88.5 cm³/mol. The van der Waals surface area contributed by atoms with Gasteiger partial charge in [0.2, 0.25) is 0 Å². The lowest BCUT2D eigenvalue weighted by Crippen LogP contribution is -2.55. The fourth-order valence-corrected chi connectivity index (χ4v) is 3.66. The zero-order valence-electron chi connectivity index (χ0n) is 12.1. The van der Waals surface area contributed by atoms with E-state index in [0.29, 0.717) is 11.0 Å². The van der Waals surface area contributed by atoms with E-state index in [1.54, 1.807) is 0 Å². The normalized spacial score (nSPS) is 23.4. The van der Waals surface area contributed by atoms with Gasteiger partial charge in [-0.15, -0.1) is 0 Å². The molecular formula is C16H23N3S. The molecule has 2 aliphatic rings. The highest BCUT2D eigenvalue weighted by Crippen LogP contribution is 2.28. The lowest BCUT2D eigenvalue weighted by molar-refractivity contribution is 0.133. The minimum atomic E-state index is 0.509. The summed E-state index contributed by atoms with van der Waals surface area (Å²) in [5.74, 6) is 0. The van der Waals surface area contributed by atoms with Gasteiger partial charge in [-0.25, -0.2) is 0 Å². The van der Waals surface area contributed by atoms with E-state index in [4.69, 9.17) is 18.0 Å². The number of fused-ring (bicyclic) bond motifs is 1. The van der Waals surface area contributed by atoms with E-state index < -0.39 is 0 Å². The summed E-state index contributed by atoms with van der Waals surface area (Å²) < 4.78 is 0. The third kappa shape index (κ3) is 2.67. The number of nitrogens with two attached hydrogens (primary N) is 1. The average Bonchev–Trinajstić information content (AvgIpc) is 2.46. The average molecular weight is 289 g/mol. The van der Waals surface area contributed by atoms with Gasteiger partial charge in [-0.05, 0) is 38.4 Å². The summed E-state index contributed by atoms with van der Waals surface area (Å²) in [5.41, 5.74) is 9.38. The van der Waals surface area contributed by atoms with Crippen molar-refractivity contribution in [2.75, 3.05) is 31.1 Å². The minimum absolute atomic E-state index is 0.509. The molecule has 2 aliphatic heterocycles. The van der Waals surface area contributed by atoms with Gasteiger partial charge in [-0.3, -0.25) is 4.90 Å². The molecule has 2 heterocycles. The number of rotatable bonds is 2. The molecule has 1 atom stereocenters. The zero-order chi connectivity index (χ0) is 14.1. The highest BCUT2D eigenvalue weighted by Gasteiger charge is 2.29. The number of anilines is 1. The second-order valence-corrected chi connectivity index (χ2v) is 6.46. The Morgan fingerprint density at radius 3 is 2.90 bits per heavy atom. The SMILES string of the molecule is Cc1ccc(N2CCN3CCCCC3C2)c(C(N)=S)c1. The van der Waals surface area contributed by atoms with Gasteiger partial charge >= 0.3 is 0 Å². The summed E-state index contributed by atoms with van der Waals surface area (Å²) in [4.78, 5) is 5.63. The molecule has 4 heteroatoms. The Hall–Kier alpha value is -1.13. The lowest BCUT2D eigenvalue weighted by Gasteiger charge is -2.45. The predicted octanol–water partition coefficient (Wildman–Crippen LogP) is 2.30. The molecule has 20 heavy (non-hydrogen) atoms. The van der Waals surface area contributed by atoms with Gasteiger partial charge < -0.3 is 10.6 Å². The van der Waals surface area contributed by atoms with Gasteiger partial charge in [0.1, 0.15) is 4.99 Å². The van der Waals surface area contributed by atoms with Crippen molar-refractivity contribution in [1.29, 1.82) is 0 Å². The van der Waals surface area contributed by atoms with E-state index in [1.807, 2.05) is 0 Å². The molecule has 0 aliphatic carbocycles. The van der Waals surface area contributed by atoms with E-state index in [9.17, 15) is 0 Å². The maximum atomic E-state index is 5.92. The third-order valence-corrected chi connectivity index (χ3v) is 4.82. The second kappa shape index (κ2) is 5.70. The van der Waals surface area contributed by atoms with Crippen LogP contribution in [-0.4, -0.2) is 42.1 Å². The maximum absolute atomic E-state index is 5.92. The number of hydrogen-bond acceptors (Lipinski definition) is 3. The lowest BCUT2D eigenvalue weighted by atomic mass is 9.98. The second-order valence-electron chi connectivity index (χ2n) is 6.02. The van der Waals surface area contributed by atoms with Crippen molar-refractivity contribution in [3.8, 4) is 0 Å². The summed E-state index contributed by atoms with van der Waals surface area (Å²) >= 11 is 5.23. The molecule has 1 aromatic rings. The molecule has 0 amide bonds. The first-order valence-electron chi connectivity index (χ1n) is 7.54. The molecule has 0 aromatic heterocycles. The van der Waals surface area contributed by atoms with Crippen LogP contribution in [0.25, 0.3) is 0 Å². The first kappa shape index (κ1) is 13.8. The van der Waals surface area contributed by atoms with Gasteiger partial charge in [0.15, 0.2) is 0 Å². The van der Waals surface area contributed by atoms with Gasteiger partial charge in [0, 0.05) is 36.9 Å². The Balaban J connectivity index is 1.84. The van der Waals surface area contributed by atoms with Crippen LogP contribution in [0.3, 0.4) is 0 Å². The number of piperidine rings is 1. The molecule has 1 unspecified atom stereocenters. The van der Waals surface area contributed by atoms with E-state index in [1.165, 1.54) is 37.1 Å². The van der Waals surface area contributed by atoms with Crippen molar-refractivity contribution in [1.82, 2.24) is 4.90 Å². The molecule has 0 radical (unpaired) electrons. The smallest absolute Gasteiger partial charge is 0.106 e. The summed E-state index contributed by atoms with van der Waals surface area (Å²) in [6, 6.07) is 7.16. The van der Waals surface area contributed by atoms with Crippen molar-refractivity contribution in [3.05, 3.63) is 29.3 Å². The molecule has 2 fully saturated rings. The first-order valence-corrected chi connectivity index (χ1v) is 7.95. The van der Waals surface area contributed by atoms with Crippen molar-refractivity contribution in [3.63, 3.8) is 0 Å². The van der Waals surface area contributed by atoms with E-state index in [2.05, 4.69) is 34.9 Å². The molecule has 0 bridgehead atoms. The van der Waals surface area contributed by atoms with Crippen LogP contribution in [0.1, 0.15) is 30.4 Å². The van der Waals surface area contributed by atoms with Gasteiger partial charge in [0.25, 0.3) is 0 Å². The maximum Gasteiger partial charge on any atom is 0.106 e. The molecule has 3 nitrogen and oxygen atoms in total. The number of aryl methyl sites for hydroxylation is 1. The molecule has 2 saturated heterocycles. The molecule has 0 spiro atoms.